The molecule has 3 N–H and O–H groups in total. The Morgan fingerprint density at radius 3 is 2.88 bits per heavy atom. The number of hydrogen-bond donors (Lipinski definition) is 2. The smallest absolute Gasteiger partial charge is 0.183 e. The van der Waals surface area contributed by atoms with Crippen molar-refractivity contribution in [2.45, 2.75) is 32.2 Å². The lowest BCUT2D eigenvalue weighted by Gasteiger charge is -2.11. The van der Waals surface area contributed by atoms with E-state index in [4.69, 9.17) is 17.3 Å². The number of nitrogens with two attached hydrogens (primary N) is 1. The molecule has 1 aromatic carbocycles. The maximum absolute atomic E-state index is 11.8. The summed E-state index contributed by atoms with van der Waals surface area (Å²) in [6, 6.07) is 1.11. The second kappa shape index (κ2) is 4.07. The van der Waals surface area contributed by atoms with E-state index in [9.17, 15) is 9.90 Å². The summed E-state index contributed by atoms with van der Waals surface area (Å²) in [5, 5.41) is 10.2. The molecule has 0 heterocycles. The van der Waals surface area contributed by atoms with E-state index in [1.54, 1.807) is 13.0 Å². The first-order valence-corrected chi connectivity index (χ1v) is 5.73. The molecule has 0 saturated carbocycles. The fourth-order valence-corrected chi connectivity index (χ4v) is 2.43. The van der Waals surface area contributed by atoms with Crippen molar-refractivity contribution in [2.75, 3.05) is 0 Å². The lowest BCUT2D eigenvalue weighted by molar-refractivity contribution is 0.0965. The van der Waals surface area contributed by atoms with E-state index in [0.717, 1.165) is 30.4 Å². The number of benzene rings is 1. The predicted molar refractivity (Wildman–Crippen MR) is 63.1 cm³/mol. The summed E-state index contributed by atoms with van der Waals surface area (Å²) in [6.45, 7) is 1.60. The van der Waals surface area contributed by atoms with E-state index < -0.39 is 6.04 Å². The fourth-order valence-electron chi connectivity index (χ4n) is 2.11. The number of phenols is 1. The zero-order chi connectivity index (χ0) is 11.9. The second-order valence-electron chi connectivity index (χ2n) is 4.23. The number of carbonyl (C=O) groups excluding carboxylic acids is 1. The maximum atomic E-state index is 11.8. The van der Waals surface area contributed by atoms with Crippen molar-refractivity contribution in [1.82, 2.24) is 0 Å². The van der Waals surface area contributed by atoms with E-state index >= 15 is 0 Å². The highest BCUT2D eigenvalue weighted by Gasteiger charge is 2.24. The van der Waals surface area contributed by atoms with Crippen molar-refractivity contribution in [3.63, 3.8) is 0 Å². The Balaban J connectivity index is 2.56. The minimum Gasteiger partial charge on any atom is -0.506 e. The van der Waals surface area contributed by atoms with E-state index in [2.05, 4.69) is 0 Å². The zero-order valence-electron chi connectivity index (χ0n) is 9.09. The average molecular weight is 240 g/mol. The van der Waals surface area contributed by atoms with Crippen molar-refractivity contribution in [3.05, 3.63) is 27.8 Å². The molecule has 0 aromatic heterocycles. The monoisotopic (exact) mass is 239 g/mol. The van der Waals surface area contributed by atoms with Crippen LogP contribution in [0.2, 0.25) is 5.02 Å². The third kappa shape index (κ3) is 1.70. The van der Waals surface area contributed by atoms with Gasteiger partial charge in [-0.2, -0.15) is 0 Å². The topological polar surface area (TPSA) is 63.3 Å². The standard InChI is InChI=1S/C12H14ClNO2/c1-6(14)11(15)9-5-7-3-2-4-8(7)10(13)12(9)16/h5-6,16H,2-4,14H2,1H3. The van der Waals surface area contributed by atoms with Crippen molar-refractivity contribution in [1.29, 1.82) is 0 Å². The summed E-state index contributed by atoms with van der Waals surface area (Å²) in [5.74, 6) is -0.390. The van der Waals surface area contributed by atoms with Gasteiger partial charge in [0.25, 0.3) is 0 Å². The number of fused-ring (bicyclic) bond motifs is 1. The van der Waals surface area contributed by atoms with Gasteiger partial charge < -0.3 is 10.8 Å². The van der Waals surface area contributed by atoms with Gasteiger partial charge in [-0.15, -0.1) is 0 Å². The van der Waals surface area contributed by atoms with E-state index in [-0.39, 0.29) is 17.1 Å². The Morgan fingerprint density at radius 2 is 2.25 bits per heavy atom. The summed E-state index contributed by atoms with van der Waals surface area (Å²) in [4.78, 5) is 11.8. The molecule has 1 aliphatic carbocycles. The lowest BCUT2D eigenvalue weighted by Crippen LogP contribution is -2.26. The number of aryl methyl sites for hydroxylation is 1. The number of aromatic hydroxyl groups is 1. The SMILES string of the molecule is CC(N)C(=O)c1cc2c(c(Cl)c1O)CCC2. The van der Waals surface area contributed by atoms with Crippen molar-refractivity contribution in [2.24, 2.45) is 5.73 Å². The summed E-state index contributed by atoms with van der Waals surface area (Å²) in [7, 11) is 0. The molecule has 2 rings (SSSR count). The molecule has 0 spiro atoms. The quantitative estimate of drug-likeness (QED) is 0.777. The molecule has 0 radical (unpaired) electrons. The molecule has 4 heteroatoms. The van der Waals surface area contributed by atoms with Gasteiger partial charge in [0.15, 0.2) is 5.78 Å². The Morgan fingerprint density at radius 1 is 1.56 bits per heavy atom. The van der Waals surface area contributed by atoms with Gasteiger partial charge in [-0.25, -0.2) is 0 Å². The van der Waals surface area contributed by atoms with E-state index in [1.165, 1.54) is 0 Å². The van der Waals surface area contributed by atoms with Crippen molar-refractivity contribution >= 4 is 17.4 Å². The first-order valence-electron chi connectivity index (χ1n) is 5.35. The normalized spacial score (nSPS) is 15.9. The van der Waals surface area contributed by atoms with Gasteiger partial charge >= 0.3 is 0 Å². The number of ketones is 1. The highest BCUT2D eigenvalue weighted by atomic mass is 35.5. The van der Waals surface area contributed by atoms with Gasteiger partial charge in [-0.3, -0.25) is 4.79 Å². The second-order valence-corrected chi connectivity index (χ2v) is 4.61. The van der Waals surface area contributed by atoms with Crippen LogP contribution in [0, 0.1) is 0 Å². The van der Waals surface area contributed by atoms with Gasteiger partial charge in [-0.1, -0.05) is 11.6 Å². The van der Waals surface area contributed by atoms with Gasteiger partial charge in [0.1, 0.15) is 5.75 Å². The molecule has 0 bridgehead atoms. The molecule has 1 unspecified atom stereocenters. The Bertz CT molecular complexity index is 455. The Labute approximate surface area is 99.2 Å². The van der Waals surface area contributed by atoms with Crippen LogP contribution in [0.3, 0.4) is 0 Å². The van der Waals surface area contributed by atoms with Crippen LogP contribution in [0.1, 0.15) is 34.8 Å². The number of carbonyl (C=O) groups is 1. The number of rotatable bonds is 2. The number of hydrogen-bond acceptors (Lipinski definition) is 3. The van der Waals surface area contributed by atoms with E-state index in [0.29, 0.717) is 5.02 Å². The fraction of sp³-hybridized carbons (Fsp3) is 0.417. The predicted octanol–water partition coefficient (Wildman–Crippen LogP) is 2.06. The molecule has 0 saturated heterocycles. The number of phenolic OH excluding ortho intramolecular Hbond substituents is 1. The summed E-state index contributed by atoms with van der Waals surface area (Å²) >= 11 is 6.05. The molecule has 1 aliphatic rings. The van der Waals surface area contributed by atoms with Crippen LogP contribution in [-0.4, -0.2) is 16.9 Å². The highest BCUT2D eigenvalue weighted by molar-refractivity contribution is 6.33. The molecule has 0 aliphatic heterocycles. The van der Waals surface area contributed by atoms with Crippen LogP contribution in [-0.2, 0) is 12.8 Å². The molecule has 16 heavy (non-hydrogen) atoms. The molecule has 0 fully saturated rings. The zero-order valence-corrected chi connectivity index (χ0v) is 9.84. The molecule has 86 valence electrons. The van der Waals surface area contributed by atoms with Gasteiger partial charge in [0.05, 0.1) is 16.6 Å². The largest absolute Gasteiger partial charge is 0.506 e. The Kier molecular flexibility index (Phi) is 2.91. The number of halogens is 1. The van der Waals surface area contributed by atoms with E-state index in [1.807, 2.05) is 0 Å². The van der Waals surface area contributed by atoms with Crippen LogP contribution in [0.5, 0.6) is 5.75 Å². The molecular weight excluding hydrogens is 226 g/mol. The first-order chi connectivity index (χ1) is 7.52. The summed E-state index contributed by atoms with van der Waals surface area (Å²) in [6.07, 6.45) is 2.80. The number of Topliss-reactive ketones (excluding diaryl/α,β-unsaturated/α-hetero) is 1. The minimum absolute atomic E-state index is 0.121. The molecular formula is C12H14ClNO2. The van der Waals surface area contributed by atoms with Crippen LogP contribution >= 0.6 is 11.6 Å². The van der Waals surface area contributed by atoms with Crippen LogP contribution in [0.4, 0.5) is 0 Å². The Hall–Kier alpha value is -1.06. The van der Waals surface area contributed by atoms with Crippen molar-refractivity contribution < 1.29 is 9.90 Å². The highest BCUT2D eigenvalue weighted by Crippen LogP contribution is 2.38. The summed E-state index contributed by atoms with van der Waals surface area (Å²) in [5.41, 5.74) is 7.81. The third-order valence-electron chi connectivity index (χ3n) is 2.99. The van der Waals surface area contributed by atoms with Crippen LogP contribution in [0.15, 0.2) is 6.07 Å². The maximum Gasteiger partial charge on any atom is 0.183 e. The molecule has 1 atom stereocenters. The van der Waals surface area contributed by atoms with Gasteiger partial charge in [-0.05, 0) is 43.4 Å². The van der Waals surface area contributed by atoms with Gasteiger partial charge in [0, 0.05) is 0 Å². The third-order valence-corrected chi connectivity index (χ3v) is 3.39. The molecule has 1 aromatic rings. The average Bonchev–Trinajstić information content (AvgIpc) is 2.70. The van der Waals surface area contributed by atoms with Crippen LogP contribution in [0.25, 0.3) is 0 Å². The molecule has 3 nitrogen and oxygen atoms in total. The minimum atomic E-state index is -0.624. The van der Waals surface area contributed by atoms with Crippen LogP contribution < -0.4 is 5.73 Å². The van der Waals surface area contributed by atoms with Crippen molar-refractivity contribution in [3.8, 4) is 5.75 Å². The first kappa shape index (κ1) is 11.4. The summed E-state index contributed by atoms with van der Waals surface area (Å²) < 4.78 is 0. The molecule has 0 amide bonds. The lowest BCUT2D eigenvalue weighted by atomic mass is 9.99. The van der Waals surface area contributed by atoms with Gasteiger partial charge in [0.2, 0.25) is 0 Å².